The van der Waals surface area contributed by atoms with Crippen LogP contribution in [0.3, 0.4) is 0 Å². The zero-order valence-corrected chi connectivity index (χ0v) is 21.2. The van der Waals surface area contributed by atoms with Crippen LogP contribution < -0.4 is 15.2 Å². The van der Waals surface area contributed by atoms with Crippen LogP contribution >= 0.6 is 22.9 Å². The number of rotatable bonds is 4. The zero-order chi connectivity index (χ0) is 25.4. The molecule has 1 aromatic heterocycles. The number of carboxylic acids is 1. The topological polar surface area (TPSA) is 115 Å². The lowest BCUT2D eigenvalue weighted by Crippen LogP contribution is -2.42. The van der Waals surface area contributed by atoms with Crippen molar-refractivity contribution < 1.29 is 24.2 Å². The van der Waals surface area contributed by atoms with Crippen LogP contribution in [0.15, 0.2) is 42.5 Å². The number of amides is 1. The predicted octanol–water partition coefficient (Wildman–Crippen LogP) is 4.49. The van der Waals surface area contributed by atoms with E-state index in [0.29, 0.717) is 53.9 Å². The van der Waals surface area contributed by atoms with E-state index in [1.807, 2.05) is 36.1 Å². The Bertz CT molecular complexity index is 1310. The minimum absolute atomic E-state index is 0.0183. The molecule has 2 fully saturated rings. The van der Waals surface area contributed by atoms with Gasteiger partial charge in [0, 0.05) is 23.7 Å². The van der Waals surface area contributed by atoms with E-state index in [4.69, 9.17) is 31.9 Å². The van der Waals surface area contributed by atoms with E-state index < -0.39 is 5.97 Å². The first kappa shape index (κ1) is 24.5. The average molecular weight is 528 g/mol. The van der Waals surface area contributed by atoms with E-state index in [2.05, 4.69) is 4.98 Å². The summed E-state index contributed by atoms with van der Waals surface area (Å²) in [7, 11) is 0. The third-order valence-corrected chi connectivity index (χ3v) is 7.79. The number of aromatic nitrogens is 1. The number of nitrogens with two attached hydrogens (primary N) is 1. The van der Waals surface area contributed by atoms with Gasteiger partial charge in [-0.05, 0) is 55.5 Å². The van der Waals surface area contributed by atoms with Crippen molar-refractivity contribution in [1.82, 2.24) is 9.88 Å². The Hall–Kier alpha value is -3.14. The highest BCUT2D eigenvalue weighted by Gasteiger charge is 2.54. The molecule has 3 aliphatic rings. The number of aryl methyl sites for hydroxylation is 1. The molecule has 6 rings (SSSR count). The van der Waals surface area contributed by atoms with E-state index in [1.54, 1.807) is 12.1 Å². The van der Waals surface area contributed by atoms with Gasteiger partial charge in [0.2, 0.25) is 0 Å². The quantitative estimate of drug-likeness (QED) is 0.513. The Morgan fingerprint density at radius 1 is 1.19 bits per heavy atom. The number of carboxylic acid groups (broad SMARTS) is 1. The minimum atomic E-state index is -0.998. The monoisotopic (exact) mass is 527 g/mol. The summed E-state index contributed by atoms with van der Waals surface area (Å²) in [5.74, 6) is 0.501. The fourth-order valence-corrected chi connectivity index (χ4v) is 5.94. The second-order valence-corrected chi connectivity index (χ2v) is 10.6. The standard InChI is InChI=1S/C17H18ClN3OS.C9H8O4/c1-9-20-15(16(23-9)10-3-2-4-12(18)5-10)17(22)21-13(8-19)6-11-7-14(11)21;10-9(11)6-2-1-3-7-8(6)13-5-4-12-7/h2-5,11,13-14H,6-8,19H2,1H3;1-3H,4-5H2,(H,10,11)/t11-,13+,14+;/m1./s1. The van der Waals surface area contributed by atoms with Crippen LogP contribution in [0.25, 0.3) is 10.4 Å². The molecule has 0 unspecified atom stereocenters. The highest BCUT2D eigenvalue weighted by atomic mass is 35.5. The normalized spacial score (nSPS) is 21.3. The van der Waals surface area contributed by atoms with E-state index in [1.165, 1.54) is 17.4 Å². The first-order valence-corrected chi connectivity index (χ1v) is 12.9. The van der Waals surface area contributed by atoms with Gasteiger partial charge in [-0.15, -0.1) is 11.3 Å². The molecule has 2 aliphatic heterocycles. The number of hydrogen-bond donors (Lipinski definition) is 2. The highest BCUT2D eigenvalue weighted by Crippen LogP contribution is 2.48. The highest BCUT2D eigenvalue weighted by molar-refractivity contribution is 7.15. The van der Waals surface area contributed by atoms with Gasteiger partial charge < -0.3 is 25.2 Å². The lowest BCUT2D eigenvalue weighted by molar-refractivity contribution is 0.0681. The number of para-hydroxylation sites is 1. The predicted molar refractivity (Wildman–Crippen MR) is 137 cm³/mol. The van der Waals surface area contributed by atoms with Crippen molar-refractivity contribution >= 4 is 34.8 Å². The largest absolute Gasteiger partial charge is 0.486 e. The van der Waals surface area contributed by atoms with Gasteiger partial charge in [0.05, 0.1) is 9.88 Å². The smallest absolute Gasteiger partial charge is 0.339 e. The van der Waals surface area contributed by atoms with Gasteiger partial charge in [-0.25, -0.2) is 9.78 Å². The van der Waals surface area contributed by atoms with Crippen LogP contribution in [0, 0.1) is 12.8 Å². The summed E-state index contributed by atoms with van der Waals surface area (Å²) < 4.78 is 10.4. The number of benzene rings is 2. The van der Waals surface area contributed by atoms with Crippen LogP contribution in [0.5, 0.6) is 11.5 Å². The summed E-state index contributed by atoms with van der Waals surface area (Å²) in [6, 6.07) is 12.9. The van der Waals surface area contributed by atoms with E-state index in [9.17, 15) is 9.59 Å². The molecule has 3 aromatic rings. The second-order valence-electron chi connectivity index (χ2n) is 8.96. The molecule has 1 amide bonds. The second kappa shape index (κ2) is 10.1. The van der Waals surface area contributed by atoms with Gasteiger partial charge in [-0.2, -0.15) is 0 Å². The Morgan fingerprint density at radius 3 is 2.72 bits per heavy atom. The molecular formula is C26H26ClN3O5S. The van der Waals surface area contributed by atoms with Crippen LogP contribution in [0.1, 0.15) is 38.7 Å². The Morgan fingerprint density at radius 2 is 1.97 bits per heavy atom. The summed E-state index contributed by atoms with van der Waals surface area (Å²) in [4.78, 5) is 31.3. The van der Waals surface area contributed by atoms with Crippen molar-refractivity contribution in [3.05, 3.63) is 63.8 Å². The molecule has 2 aromatic carbocycles. The van der Waals surface area contributed by atoms with Crippen molar-refractivity contribution in [2.75, 3.05) is 19.8 Å². The van der Waals surface area contributed by atoms with Gasteiger partial charge in [-0.1, -0.05) is 29.8 Å². The minimum Gasteiger partial charge on any atom is -0.486 e. The lowest BCUT2D eigenvalue weighted by atomic mass is 10.1. The first-order chi connectivity index (χ1) is 17.4. The molecule has 3 atom stereocenters. The fraction of sp³-hybridized carbons (Fsp3) is 0.346. The number of carbonyl (C=O) groups is 2. The molecule has 36 heavy (non-hydrogen) atoms. The molecule has 8 nitrogen and oxygen atoms in total. The van der Waals surface area contributed by atoms with Gasteiger partial charge in [-0.3, -0.25) is 4.79 Å². The summed E-state index contributed by atoms with van der Waals surface area (Å²) in [6.07, 6.45) is 2.14. The number of halogens is 1. The Kier molecular flexibility index (Phi) is 6.87. The van der Waals surface area contributed by atoms with E-state index in [-0.39, 0.29) is 17.5 Å². The maximum absolute atomic E-state index is 13.1. The average Bonchev–Trinajstić information content (AvgIpc) is 3.36. The number of aromatic carboxylic acids is 1. The number of piperidine rings is 1. The van der Waals surface area contributed by atoms with Crippen molar-refractivity contribution in [2.24, 2.45) is 11.7 Å². The zero-order valence-electron chi connectivity index (χ0n) is 19.6. The van der Waals surface area contributed by atoms with Crippen LogP contribution in [-0.4, -0.2) is 58.7 Å². The van der Waals surface area contributed by atoms with Gasteiger partial charge in [0.1, 0.15) is 24.5 Å². The molecule has 0 spiro atoms. The third-order valence-electron chi connectivity index (χ3n) is 6.54. The Labute approximate surface area is 217 Å². The van der Waals surface area contributed by atoms with Gasteiger partial charge in [0.15, 0.2) is 11.5 Å². The molecule has 3 heterocycles. The van der Waals surface area contributed by atoms with E-state index >= 15 is 0 Å². The number of ether oxygens (including phenoxy) is 2. The van der Waals surface area contributed by atoms with E-state index in [0.717, 1.165) is 28.3 Å². The number of nitrogens with zero attached hydrogens (tertiary/aromatic N) is 2. The van der Waals surface area contributed by atoms with Crippen molar-refractivity contribution in [3.8, 4) is 21.9 Å². The number of thiazole rings is 1. The number of carbonyl (C=O) groups excluding carboxylic acids is 1. The summed E-state index contributed by atoms with van der Waals surface area (Å²) in [5.41, 5.74) is 7.51. The van der Waals surface area contributed by atoms with Crippen molar-refractivity contribution in [2.45, 2.75) is 31.8 Å². The fourth-order valence-electron chi connectivity index (χ4n) is 4.85. The summed E-state index contributed by atoms with van der Waals surface area (Å²) >= 11 is 7.65. The maximum atomic E-state index is 13.1. The SMILES string of the molecule is Cc1nc(C(=O)N2[C@H](CN)C[C@@H]3C[C@@H]32)c(-c2cccc(Cl)c2)s1.O=C(O)c1cccc2c1OCCO2. The first-order valence-electron chi connectivity index (χ1n) is 11.8. The van der Waals surface area contributed by atoms with Crippen LogP contribution in [-0.2, 0) is 0 Å². The maximum Gasteiger partial charge on any atom is 0.339 e. The molecule has 0 radical (unpaired) electrons. The molecule has 10 heteroatoms. The molecule has 1 saturated carbocycles. The summed E-state index contributed by atoms with van der Waals surface area (Å²) in [5, 5.41) is 10.4. The molecule has 3 N–H and O–H groups in total. The number of hydrogen-bond acceptors (Lipinski definition) is 7. The molecule has 0 bridgehead atoms. The number of fused-ring (bicyclic) bond motifs is 2. The molecule has 1 saturated heterocycles. The van der Waals surface area contributed by atoms with Gasteiger partial charge >= 0.3 is 5.97 Å². The Balaban J connectivity index is 0.000000174. The van der Waals surface area contributed by atoms with Crippen molar-refractivity contribution in [1.29, 1.82) is 0 Å². The molecule has 1 aliphatic carbocycles. The lowest BCUT2D eigenvalue weighted by Gasteiger charge is -2.26. The third kappa shape index (κ3) is 4.78. The van der Waals surface area contributed by atoms with Gasteiger partial charge in [0.25, 0.3) is 5.91 Å². The molecule has 188 valence electrons. The van der Waals surface area contributed by atoms with Crippen LogP contribution in [0.4, 0.5) is 0 Å². The summed E-state index contributed by atoms with van der Waals surface area (Å²) in [6.45, 7) is 3.32. The van der Waals surface area contributed by atoms with Crippen LogP contribution in [0.2, 0.25) is 5.02 Å². The number of likely N-dealkylation sites (tertiary alicyclic amines) is 1. The van der Waals surface area contributed by atoms with Crippen molar-refractivity contribution in [3.63, 3.8) is 0 Å². The molecular weight excluding hydrogens is 502 g/mol.